The monoisotopic (exact) mass is 768 g/mol. The molecule has 3 aromatic heterocycles. The summed E-state index contributed by atoms with van der Waals surface area (Å²) in [7, 11) is 2.57. The number of hydrogen-bond acceptors (Lipinski definition) is 11. The molecule has 0 aliphatic rings. The minimum Gasteiger partial charge on any atom is -0.481 e. The Labute approximate surface area is 309 Å². The van der Waals surface area contributed by atoms with E-state index in [0.29, 0.717) is 23.8 Å². The zero-order valence-corrected chi connectivity index (χ0v) is 31.1. The number of aliphatic hydroxyl groups excluding tert-OH is 1. The number of likely N-dealkylation sites (N-methyl/N-ethyl adjacent to an activating group) is 1. The van der Waals surface area contributed by atoms with Crippen molar-refractivity contribution >= 4 is 23.7 Å². The van der Waals surface area contributed by atoms with E-state index in [1.165, 1.54) is 52.4 Å². The molecule has 1 aromatic carbocycles. The predicted molar refractivity (Wildman–Crippen MR) is 192 cm³/mol. The van der Waals surface area contributed by atoms with Crippen molar-refractivity contribution in [1.29, 1.82) is 0 Å². The van der Waals surface area contributed by atoms with Gasteiger partial charge in [-0.3, -0.25) is 14.9 Å². The second kappa shape index (κ2) is 18.1. The largest absolute Gasteiger partial charge is 0.481 e. The number of aliphatic carboxylic acids is 1. The summed E-state index contributed by atoms with van der Waals surface area (Å²) in [6, 6.07) is 12.5. The smallest absolute Gasteiger partial charge is 0.397 e. The van der Waals surface area contributed by atoms with Gasteiger partial charge >= 0.3 is 12.1 Å². The third-order valence-electron chi connectivity index (χ3n) is 8.14. The van der Waals surface area contributed by atoms with Crippen LogP contribution in [0.4, 0.5) is 27.8 Å². The van der Waals surface area contributed by atoms with Gasteiger partial charge in [0.2, 0.25) is 5.88 Å². The van der Waals surface area contributed by atoms with Crippen LogP contribution in [0.1, 0.15) is 39.7 Å². The standard InChI is InChI=1S/C34H41F5N8O3S.CH4O/c1-31(2,30(48)49)20-46(25-12-8-13-27(43-25)51-40)18-9-17-45(5)21-33(35,36)24-11-7-6-10-23(24)28-29(42-16-15-41-28)47-19-14-26(44-47)50-22-32(3,4)34(37,38)39;1-2/h6-8,10-16,19H,9,17-18,20-22,40H2,1-5H3,(H,48,49);2H,1H3. The van der Waals surface area contributed by atoms with Crippen LogP contribution in [0.25, 0.3) is 17.1 Å². The molecule has 0 saturated heterocycles. The van der Waals surface area contributed by atoms with Crippen LogP contribution in [-0.4, -0.2) is 98.9 Å². The van der Waals surface area contributed by atoms with Gasteiger partial charge in [0.15, 0.2) is 5.82 Å². The van der Waals surface area contributed by atoms with Crippen LogP contribution in [0.2, 0.25) is 0 Å². The van der Waals surface area contributed by atoms with E-state index >= 15 is 8.78 Å². The topological polar surface area (TPSA) is 156 Å². The summed E-state index contributed by atoms with van der Waals surface area (Å²) in [5.74, 6) is -3.83. The molecule has 4 aromatic rings. The Balaban J connectivity index is 0.00000372. The number of pyridine rings is 1. The summed E-state index contributed by atoms with van der Waals surface area (Å²) < 4.78 is 78.7. The number of carboxylic acids is 1. The van der Waals surface area contributed by atoms with Gasteiger partial charge in [0.25, 0.3) is 5.92 Å². The first kappa shape index (κ1) is 43.0. The molecule has 4 rings (SSSR count). The van der Waals surface area contributed by atoms with E-state index in [1.807, 2.05) is 4.90 Å². The van der Waals surface area contributed by atoms with Crippen LogP contribution in [0.3, 0.4) is 0 Å². The SMILES string of the molecule is CN(CCCN(CC(C)(C)C(=O)O)c1cccc(SN)n1)CC(F)(F)c1ccccc1-c1nccnc1-n1ccc(OCC(C)(C)C(F)(F)F)n1.CO. The molecular weight excluding hydrogens is 723 g/mol. The molecule has 4 N–H and O–H groups in total. The zero-order valence-electron chi connectivity index (χ0n) is 30.3. The average Bonchev–Trinajstić information content (AvgIpc) is 3.59. The highest BCUT2D eigenvalue weighted by atomic mass is 32.2. The molecular formula is C35H45F5N8O4S. The van der Waals surface area contributed by atoms with Crippen LogP contribution in [0.15, 0.2) is 72.1 Å². The Bertz CT molecular complexity index is 1790. The maximum atomic E-state index is 16.1. The van der Waals surface area contributed by atoms with Crippen molar-refractivity contribution in [2.75, 3.05) is 51.8 Å². The van der Waals surface area contributed by atoms with Crippen molar-refractivity contribution < 1.29 is 41.7 Å². The van der Waals surface area contributed by atoms with Gasteiger partial charge in [-0.2, -0.15) is 22.0 Å². The quantitative estimate of drug-likeness (QED) is 0.0816. The van der Waals surface area contributed by atoms with Crippen LogP contribution >= 0.6 is 11.9 Å². The lowest BCUT2D eigenvalue weighted by atomic mass is 9.93. The number of benzene rings is 1. The predicted octanol–water partition coefficient (Wildman–Crippen LogP) is 6.30. The van der Waals surface area contributed by atoms with Gasteiger partial charge in [0.05, 0.1) is 17.4 Å². The molecule has 0 unspecified atom stereocenters. The number of hydrogen-bond donors (Lipinski definition) is 3. The number of carbonyl (C=O) groups is 1. The molecule has 0 amide bonds. The zero-order chi connectivity index (χ0) is 39.6. The van der Waals surface area contributed by atoms with E-state index in [4.69, 9.17) is 15.0 Å². The number of rotatable bonds is 17. The molecule has 0 aliphatic carbocycles. The van der Waals surface area contributed by atoms with E-state index in [-0.39, 0.29) is 41.6 Å². The first-order valence-electron chi connectivity index (χ1n) is 16.3. The molecule has 0 saturated carbocycles. The fourth-order valence-electron chi connectivity index (χ4n) is 5.04. The summed E-state index contributed by atoms with van der Waals surface area (Å²) in [4.78, 5) is 28.3. The molecule has 0 atom stereocenters. The molecule has 0 spiro atoms. The maximum Gasteiger partial charge on any atom is 0.397 e. The van der Waals surface area contributed by atoms with Crippen LogP contribution in [-0.2, 0) is 10.7 Å². The number of nitrogens with zero attached hydrogens (tertiary/aromatic N) is 7. The van der Waals surface area contributed by atoms with E-state index < -0.39 is 42.0 Å². The summed E-state index contributed by atoms with van der Waals surface area (Å²) in [6.07, 6.45) is 0.0258. The Morgan fingerprint density at radius 3 is 2.28 bits per heavy atom. The average molecular weight is 769 g/mol. The van der Waals surface area contributed by atoms with Crippen molar-refractivity contribution in [3.05, 3.63) is 72.7 Å². The van der Waals surface area contributed by atoms with Gasteiger partial charge in [-0.05, 0) is 71.8 Å². The minimum atomic E-state index is -4.50. The molecule has 0 aliphatic heterocycles. The van der Waals surface area contributed by atoms with Gasteiger partial charge in [0.1, 0.15) is 23.1 Å². The van der Waals surface area contributed by atoms with E-state index in [0.717, 1.165) is 32.9 Å². The number of nitrogens with two attached hydrogens (primary N) is 1. The van der Waals surface area contributed by atoms with Crippen molar-refractivity contribution in [1.82, 2.24) is 29.6 Å². The molecule has 0 bridgehead atoms. The van der Waals surface area contributed by atoms with Crippen LogP contribution in [0, 0.1) is 10.8 Å². The maximum absolute atomic E-state index is 16.1. The fraction of sp³-hybridized carbons (Fsp3) is 0.457. The molecule has 53 heavy (non-hydrogen) atoms. The number of alkyl halides is 5. The van der Waals surface area contributed by atoms with Gasteiger partial charge in [-0.1, -0.05) is 30.3 Å². The number of anilines is 1. The molecule has 3 heterocycles. The van der Waals surface area contributed by atoms with Gasteiger partial charge < -0.3 is 24.7 Å². The second-order valence-corrected chi connectivity index (χ2v) is 14.1. The van der Waals surface area contributed by atoms with Crippen molar-refractivity contribution in [2.24, 2.45) is 16.0 Å². The Hall–Kier alpha value is -4.39. The van der Waals surface area contributed by atoms with Crippen molar-refractivity contribution in [3.63, 3.8) is 0 Å². The number of aromatic nitrogens is 5. The second-order valence-electron chi connectivity index (χ2n) is 13.4. The summed E-state index contributed by atoms with van der Waals surface area (Å²) in [6.45, 7) is 4.64. The first-order valence-corrected chi connectivity index (χ1v) is 17.2. The lowest BCUT2D eigenvalue weighted by molar-refractivity contribution is -0.219. The molecule has 0 fully saturated rings. The third kappa shape index (κ3) is 11.3. The molecule has 12 nitrogen and oxygen atoms in total. The highest BCUT2D eigenvalue weighted by Gasteiger charge is 2.48. The van der Waals surface area contributed by atoms with E-state index in [9.17, 15) is 23.1 Å². The number of aliphatic hydroxyl groups is 1. The van der Waals surface area contributed by atoms with E-state index in [2.05, 4.69) is 20.1 Å². The molecule has 290 valence electrons. The fourth-order valence-corrected chi connectivity index (χ4v) is 5.34. The van der Waals surface area contributed by atoms with Gasteiger partial charge in [0, 0.05) is 56.0 Å². The van der Waals surface area contributed by atoms with Crippen molar-refractivity contribution in [3.8, 4) is 23.0 Å². The highest BCUT2D eigenvalue weighted by molar-refractivity contribution is 7.97. The van der Waals surface area contributed by atoms with Gasteiger partial charge in [-0.25, -0.2) is 14.6 Å². The Morgan fingerprint density at radius 1 is 0.943 bits per heavy atom. The lowest BCUT2D eigenvalue weighted by Gasteiger charge is -2.32. The minimum absolute atomic E-state index is 0.0779. The summed E-state index contributed by atoms with van der Waals surface area (Å²) >= 11 is 0.962. The van der Waals surface area contributed by atoms with Crippen LogP contribution < -0.4 is 14.8 Å². The van der Waals surface area contributed by atoms with Gasteiger partial charge in [-0.15, -0.1) is 5.10 Å². The first-order chi connectivity index (χ1) is 24.8. The van der Waals surface area contributed by atoms with E-state index in [1.54, 1.807) is 45.2 Å². The number of halogens is 5. The number of ether oxygens (including phenoxy) is 1. The summed E-state index contributed by atoms with van der Waals surface area (Å²) in [5.41, 5.74) is -3.36. The number of carboxylic acid groups (broad SMARTS) is 1. The third-order valence-corrected chi connectivity index (χ3v) is 8.61. The molecule has 18 heteroatoms. The van der Waals surface area contributed by atoms with Crippen molar-refractivity contribution in [2.45, 2.75) is 51.2 Å². The Morgan fingerprint density at radius 2 is 1.62 bits per heavy atom. The van der Waals surface area contributed by atoms with Crippen LogP contribution in [0.5, 0.6) is 5.88 Å². The highest BCUT2D eigenvalue weighted by Crippen LogP contribution is 2.39. The normalized spacial score (nSPS) is 12.3. The summed E-state index contributed by atoms with van der Waals surface area (Å²) in [5, 5.41) is 27.1. The lowest BCUT2D eigenvalue weighted by Crippen LogP contribution is -2.41. The molecule has 0 radical (unpaired) electrons. The Kier molecular flexibility index (Phi) is 14.7.